The van der Waals surface area contributed by atoms with Crippen LogP contribution in [0.5, 0.6) is 0 Å². The minimum absolute atomic E-state index is 0.190. The molecule has 0 spiro atoms. The first-order chi connectivity index (χ1) is 10.1. The van der Waals surface area contributed by atoms with Crippen molar-refractivity contribution in [2.75, 3.05) is 5.32 Å². The Hall–Kier alpha value is -2.40. The standard InChI is InChI=1S/C16H14N2O2S/c1-10-3-5-13(20-10)6-8-16(19)18-12-4-7-14-15(9-12)21-11(2)17-14/h3-9H,1-2H3,(H,18,19)/b8-6+. The molecule has 1 aromatic carbocycles. The van der Waals surface area contributed by atoms with Gasteiger partial charge in [-0.25, -0.2) is 4.98 Å². The van der Waals surface area contributed by atoms with Crippen molar-refractivity contribution in [2.24, 2.45) is 0 Å². The molecule has 0 bridgehead atoms. The maximum atomic E-state index is 11.9. The number of thiazole rings is 1. The van der Waals surface area contributed by atoms with Gasteiger partial charge in [-0.3, -0.25) is 4.79 Å². The van der Waals surface area contributed by atoms with Gasteiger partial charge in [-0.15, -0.1) is 11.3 Å². The van der Waals surface area contributed by atoms with Gasteiger partial charge in [0.2, 0.25) is 5.91 Å². The maximum absolute atomic E-state index is 11.9. The zero-order valence-electron chi connectivity index (χ0n) is 11.7. The number of anilines is 1. The molecule has 2 aromatic heterocycles. The molecule has 1 amide bonds. The Balaban J connectivity index is 1.72. The van der Waals surface area contributed by atoms with Crippen molar-refractivity contribution < 1.29 is 9.21 Å². The van der Waals surface area contributed by atoms with Crippen LogP contribution in [0.3, 0.4) is 0 Å². The highest BCUT2D eigenvalue weighted by molar-refractivity contribution is 7.18. The van der Waals surface area contributed by atoms with Gasteiger partial charge in [0.05, 0.1) is 15.2 Å². The van der Waals surface area contributed by atoms with E-state index in [4.69, 9.17) is 4.42 Å². The highest BCUT2D eigenvalue weighted by Gasteiger charge is 2.03. The second-order valence-corrected chi connectivity index (χ2v) is 5.92. The Morgan fingerprint density at radius 3 is 2.90 bits per heavy atom. The van der Waals surface area contributed by atoms with E-state index < -0.39 is 0 Å². The van der Waals surface area contributed by atoms with Crippen molar-refractivity contribution in [2.45, 2.75) is 13.8 Å². The van der Waals surface area contributed by atoms with Crippen LogP contribution < -0.4 is 5.32 Å². The van der Waals surface area contributed by atoms with Crippen LogP contribution in [0, 0.1) is 13.8 Å². The summed E-state index contributed by atoms with van der Waals surface area (Å²) in [6.07, 6.45) is 3.11. The number of aromatic nitrogens is 1. The number of aryl methyl sites for hydroxylation is 2. The molecule has 0 unspecified atom stereocenters. The predicted octanol–water partition coefficient (Wildman–Crippen LogP) is 4.16. The number of furan rings is 1. The van der Waals surface area contributed by atoms with Gasteiger partial charge in [0.25, 0.3) is 0 Å². The van der Waals surface area contributed by atoms with Gasteiger partial charge in [-0.2, -0.15) is 0 Å². The highest BCUT2D eigenvalue weighted by atomic mass is 32.1. The summed E-state index contributed by atoms with van der Waals surface area (Å²) in [5, 5.41) is 3.85. The molecule has 0 saturated heterocycles. The second-order valence-electron chi connectivity index (χ2n) is 4.69. The first-order valence-corrected chi connectivity index (χ1v) is 7.34. The van der Waals surface area contributed by atoms with E-state index in [-0.39, 0.29) is 5.91 Å². The van der Waals surface area contributed by atoms with Crippen molar-refractivity contribution >= 4 is 39.2 Å². The molecule has 1 N–H and O–H groups in total. The van der Waals surface area contributed by atoms with Gasteiger partial charge in [0.1, 0.15) is 11.5 Å². The van der Waals surface area contributed by atoms with Crippen LogP contribution in [0.2, 0.25) is 0 Å². The molecule has 3 aromatic rings. The van der Waals surface area contributed by atoms with Crippen LogP contribution in [-0.4, -0.2) is 10.9 Å². The molecule has 106 valence electrons. The van der Waals surface area contributed by atoms with Gasteiger partial charge in [-0.05, 0) is 50.3 Å². The van der Waals surface area contributed by atoms with Crippen LogP contribution >= 0.6 is 11.3 Å². The van der Waals surface area contributed by atoms with E-state index >= 15 is 0 Å². The Morgan fingerprint density at radius 1 is 1.29 bits per heavy atom. The monoisotopic (exact) mass is 298 g/mol. The van der Waals surface area contributed by atoms with E-state index in [0.29, 0.717) is 5.76 Å². The lowest BCUT2D eigenvalue weighted by Gasteiger charge is -2.01. The summed E-state index contributed by atoms with van der Waals surface area (Å²) in [7, 11) is 0. The lowest BCUT2D eigenvalue weighted by molar-refractivity contribution is -0.111. The van der Waals surface area contributed by atoms with E-state index in [2.05, 4.69) is 10.3 Å². The van der Waals surface area contributed by atoms with Crippen LogP contribution in [0.25, 0.3) is 16.3 Å². The summed E-state index contributed by atoms with van der Waals surface area (Å²) in [5.74, 6) is 1.29. The molecule has 4 nitrogen and oxygen atoms in total. The molecule has 3 rings (SSSR count). The maximum Gasteiger partial charge on any atom is 0.248 e. The fraction of sp³-hybridized carbons (Fsp3) is 0.125. The van der Waals surface area contributed by atoms with E-state index in [1.165, 1.54) is 6.08 Å². The number of hydrogen-bond donors (Lipinski definition) is 1. The molecule has 5 heteroatoms. The first-order valence-electron chi connectivity index (χ1n) is 6.53. The van der Waals surface area contributed by atoms with Crippen LogP contribution in [0.4, 0.5) is 5.69 Å². The molecule has 2 heterocycles. The quantitative estimate of drug-likeness (QED) is 0.739. The zero-order valence-corrected chi connectivity index (χ0v) is 12.5. The molecular formula is C16H14N2O2S. The van der Waals surface area contributed by atoms with E-state index in [1.807, 2.05) is 44.2 Å². The van der Waals surface area contributed by atoms with Gasteiger partial charge in [0.15, 0.2) is 0 Å². The van der Waals surface area contributed by atoms with Crippen LogP contribution in [-0.2, 0) is 4.79 Å². The molecule has 0 radical (unpaired) electrons. The van der Waals surface area contributed by atoms with E-state index in [0.717, 1.165) is 26.7 Å². The number of fused-ring (bicyclic) bond motifs is 1. The van der Waals surface area contributed by atoms with Gasteiger partial charge in [0, 0.05) is 11.8 Å². The second kappa shape index (κ2) is 5.54. The zero-order chi connectivity index (χ0) is 14.8. The number of amides is 1. The average Bonchev–Trinajstić information content (AvgIpc) is 3.01. The van der Waals surface area contributed by atoms with E-state index in [9.17, 15) is 4.79 Å². The molecule has 0 fully saturated rings. The number of nitrogens with one attached hydrogen (secondary N) is 1. The van der Waals surface area contributed by atoms with Crippen molar-refractivity contribution in [3.05, 3.63) is 52.9 Å². The average molecular weight is 298 g/mol. The summed E-state index contributed by atoms with van der Waals surface area (Å²) >= 11 is 1.61. The molecular weight excluding hydrogens is 284 g/mol. The SMILES string of the molecule is Cc1ccc(/C=C/C(=O)Nc2ccc3nc(C)sc3c2)o1. The Morgan fingerprint density at radius 2 is 2.14 bits per heavy atom. The minimum atomic E-state index is -0.190. The molecule has 0 atom stereocenters. The third-order valence-corrected chi connectivity index (χ3v) is 3.86. The number of carbonyl (C=O) groups excluding carboxylic acids is 1. The lowest BCUT2D eigenvalue weighted by atomic mass is 10.3. The van der Waals surface area contributed by atoms with Gasteiger partial charge in [-0.1, -0.05) is 0 Å². The van der Waals surface area contributed by atoms with E-state index in [1.54, 1.807) is 17.4 Å². The third-order valence-electron chi connectivity index (χ3n) is 2.92. The summed E-state index contributed by atoms with van der Waals surface area (Å²) in [6, 6.07) is 9.38. The number of carbonyl (C=O) groups is 1. The fourth-order valence-electron chi connectivity index (χ4n) is 2.00. The van der Waals surface area contributed by atoms with Gasteiger partial charge < -0.3 is 9.73 Å². The third kappa shape index (κ3) is 3.20. The number of hydrogen-bond acceptors (Lipinski definition) is 4. The summed E-state index contributed by atoms with van der Waals surface area (Å²) < 4.78 is 6.44. The number of nitrogens with zero attached hydrogens (tertiary/aromatic N) is 1. The van der Waals surface area contributed by atoms with Crippen molar-refractivity contribution in [1.82, 2.24) is 4.98 Å². The summed E-state index contributed by atoms with van der Waals surface area (Å²) in [5.41, 5.74) is 1.72. The highest BCUT2D eigenvalue weighted by Crippen LogP contribution is 2.24. The van der Waals surface area contributed by atoms with Crippen LogP contribution in [0.1, 0.15) is 16.5 Å². The van der Waals surface area contributed by atoms with Crippen molar-refractivity contribution in [3.8, 4) is 0 Å². The summed E-state index contributed by atoms with van der Waals surface area (Å²) in [4.78, 5) is 16.3. The van der Waals surface area contributed by atoms with Crippen molar-refractivity contribution in [1.29, 1.82) is 0 Å². The fourth-order valence-corrected chi connectivity index (χ4v) is 2.87. The topological polar surface area (TPSA) is 55.1 Å². The molecule has 0 aliphatic carbocycles. The molecule has 0 saturated carbocycles. The molecule has 0 aliphatic rings. The normalized spacial score (nSPS) is 11.3. The Labute approximate surface area is 126 Å². The predicted molar refractivity (Wildman–Crippen MR) is 85.5 cm³/mol. The lowest BCUT2D eigenvalue weighted by Crippen LogP contribution is -2.07. The van der Waals surface area contributed by atoms with Crippen molar-refractivity contribution in [3.63, 3.8) is 0 Å². The van der Waals surface area contributed by atoms with Crippen LogP contribution in [0.15, 0.2) is 40.8 Å². The largest absolute Gasteiger partial charge is 0.462 e. The molecule has 0 aliphatic heterocycles. The Kier molecular flexibility index (Phi) is 3.58. The van der Waals surface area contributed by atoms with Gasteiger partial charge >= 0.3 is 0 Å². The Bertz CT molecular complexity index is 830. The molecule has 21 heavy (non-hydrogen) atoms. The summed E-state index contributed by atoms with van der Waals surface area (Å²) in [6.45, 7) is 3.83. The number of benzene rings is 1. The smallest absolute Gasteiger partial charge is 0.248 e. The first kappa shape index (κ1) is 13.6. The number of rotatable bonds is 3. The minimum Gasteiger partial charge on any atom is -0.462 e.